The van der Waals surface area contributed by atoms with Gasteiger partial charge in [-0.1, -0.05) is 5.92 Å². The minimum absolute atomic E-state index is 0.890. The van der Waals surface area contributed by atoms with E-state index in [0.29, 0.717) is 0 Å². The van der Waals surface area contributed by atoms with Crippen LogP contribution in [0.3, 0.4) is 0 Å². The molecular formula is C10H15N. The van der Waals surface area contributed by atoms with Crippen LogP contribution in [0.5, 0.6) is 0 Å². The van der Waals surface area contributed by atoms with Gasteiger partial charge >= 0.3 is 0 Å². The van der Waals surface area contributed by atoms with Crippen molar-refractivity contribution in [2.45, 2.75) is 32.2 Å². The van der Waals surface area contributed by atoms with Crippen LogP contribution in [-0.2, 0) is 0 Å². The molecule has 1 unspecified atom stereocenters. The minimum atomic E-state index is 0.890. The van der Waals surface area contributed by atoms with E-state index in [1.807, 2.05) is 6.92 Å². The molecule has 0 aromatic heterocycles. The van der Waals surface area contributed by atoms with E-state index in [9.17, 15) is 0 Å². The van der Waals surface area contributed by atoms with E-state index in [1.165, 1.54) is 25.8 Å². The number of hydrogen-bond donors (Lipinski definition) is 0. The van der Waals surface area contributed by atoms with Gasteiger partial charge in [-0.3, -0.25) is 4.90 Å². The van der Waals surface area contributed by atoms with Crippen LogP contribution in [-0.4, -0.2) is 24.0 Å². The number of fused-ring (bicyclic) bond motifs is 2. The lowest BCUT2D eigenvalue weighted by molar-refractivity contribution is 0.239. The summed E-state index contributed by atoms with van der Waals surface area (Å²) < 4.78 is 0. The molecule has 11 heavy (non-hydrogen) atoms. The van der Waals surface area contributed by atoms with Crippen molar-refractivity contribution in [3.05, 3.63) is 0 Å². The van der Waals surface area contributed by atoms with Crippen LogP contribution in [0.2, 0.25) is 0 Å². The molecule has 60 valence electrons. The van der Waals surface area contributed by atoms with Crippen molar-refractivity contribution >= 4 is 0 Å². The maximum Gasteiger partial charge on any atom is 0.0603 e. The first-order valence-corrected chi connectivity index (χ1v) is 4.54. The third kappa shape index (κ3) is 1.28. The molecule has 2 bridgehead atoms. The summed E-state index contributed by atoms with van der Waals surface area (Å²) in [4.78, 5) is 2.55. The predicted octanol–water partition coefficient (Wildman–Crippen LogP) is 1.49. The smallest absolute Gasteiger partial charge is 0.0603 e. The summed E-state index contributed by atoms with van der Waals surface area (Å²) in [6.45, 7) is 4.26. The summed E-state index contributed by atoms with van der Waals surface area (Å²) in [5, 5.41) is 0. The van der Waals surface area contributed by atoms with Gasteiger partial charge in [0.2, 0.25) is 0 Å². The molecule has 0 radical (unpaired) electrons. The van der Waals surface area contributed by atoms with Gasteiger partial charge in [-0.25, -0.2) is 0 Å². The molecule has 0 spiro atoms. The second-order valence-corrected chi connectivity index (χ2v) is 3.69. The zero-order valence-electron chi connectivity index (χ0n) is 7.14. The van der Waals surface area contributed by atoms with E-state index < -0.39 is 0 Å². The zero-order valence-corrected chi connectivity index (χ0v) is 7.14. The van der Waals surface area contributed by atoms with Gasteiger partial charge in [-0.05, 0) is 32.1 Å². The highest BCUT2D eigenvalue weighted by atomic mass is 15.2. The van der Waals surface area contributed by atoms with Crippen LogP contribution in [0.1, 0.15) is 26.2 Å². The summed E-state index contributed by atoms with van der Waals surface area (Å²) in [6.07, 6.45) is 4.35. The fourth-order valence-electron chi connectivity index (χ4n) is 2.40. The van der Waals surface area contributed by atoms with Gasteiger partial charge < -0.3 is 0 Å². The molecule has 1 nitrogen and oxygen atoms in total. The summed E-state index contributed by atoms with van der Waals surface area (Å²) in [7, 11) is 0. The summed E-state index contributed by atoms with van der Waals surface area (Å²) in [5.74, 6) is 7.13. The van der Waals surface area contributed by atoms with E-state index in [2.05, 4.69) is 16.7 Å². The average molecular weight is 149 g/mol. The number of likely N-dealkylation sites (tertiary alicyclic amines) is 1. The van der Waals surface area contributed by atoms with Crippen LogP contribution in [0.4, 0.5) is 0 Å². The number of nitrogens with zero attached hydrogens (tertiary/aromatic N) is 1. The molecule has 0 aromatic carbocycles. The molecule has 2 aliphatic rings. The Labute approximate surface area is 68.8 Å². The van der Waals surface area contributed by atoms with Gasteiger partial charge in [-0.15, -0.1) is 5.92 Å². The fourth-order valence-corrected chi connectivity index (χ4v) is 2.40. The highest BCUT2D eigenvalue weighted by molar-refractivity contribution is 5.02. The Morgan fingerprint density at radius 1 is 1.45 bits per heavy atom. The van der Waals surface area contributed by atoms with Crippen LogP contribution in [0, 0.1) is 17.8 Å². The minimum Gasteiger partial charge on any atom is -0.289 e. The summed E-state index contributed by atoms with van der Waals surface area (Å²) >= 11 is 0. The second-order valence-electron chi connectivity index (χ2n) is 3.69. The molecule has 0 amide bonds. The molecule has 0 aromatic rings. The van der Waals surface area contributed by atoms with Crippen molar-refractivity contribution in [2.24, 2.45) is 5.92 Å². The van der Waals surface area contributed by atoms with Crippen molar-refractivity contribution in [1.82, 2.24) is 4.90 Å². The van der Waals surface area contributed by atoms with E-state index >= 15 is 0 Å². The third-order valence-corrected chi connectivity index (χ3v) is 2.98. The Bertz CT molecular complexity index is 199. The van der Waals surface area contributed by atoms with Gasteiger partial charge in [0.1, 0.15) is 0 Å². The normalized spacial score (nSPS) is 35.4. The largest absolute Gasteiger partial charge is 0.289 e. The van der Waals surface area contributed by atoms with Gasteiger partial charge in [0.05, 0.1) is 6.54 Å². The quantitative estimate of drug-likeness (QED) is 0.511. The maximum absolute atomic E-state index is 3.15. The summed E-state index contributed by atoms with van der Waals surface area (Å²) in [5.41, 5.74) is 0. The molecular weight excluding hydrogens is 134 g/mol. The fraction of sp³-hybridized carbons (Fsp3) is 0.800. The highest BCUT2D eigenvalue weighted by Gasteiger charge is 2.36. The van der Waals surface area contributed by atoms with Crippen LogP contribution in [0.25, 0.3) is 0 Å². The third-order valence-electron chi connectivity index (χ3n) is 2.98. The van der Waals surface area contributed by atoms with Crippen LogP contribution in [0.15, 0.2) is 0 Å². The van der Waals surface area contributed by atoms with E-state index in [0.717, 1.165) is 18.5 Å². The molecule has 1 saturated heterocycles. The van der Waals surface area contributed by atoms with Crippen molar-refractivity contribution < 1.29 is 0 Å². The summed E-state index contributed by atoms with van der Waals surface area (Å²) in [6, 6.07) is 0.890. The van der Waals surface area contributed by atoms with Gasteiger partial charge in [0, 0.05) is 12.6 Å². The SMILES string of the molecule is CC#CCN1CC2CC[C@@H]1C2. The zero-order chi connectivity index (χ0) is 7.68. The first-order valence-electron chi connectivity index (χ1n) is 4.54. The lowest BCUT2D eigenvalue weighted by atomic mass is 10.1. The first kappa shape index (κ1) is 7.18. The molecule has 2 fully saturated rings. The molecule has 1 aliphatic carbocycles. The van der Waals surface area contributed by atoms with E-state index in [-0.39, 0.29) is 0 Å². The lowest BCUT2D eigenvalue weighted by Crippen LogP contribution is -2.32. The van der Waals surface area contributed by atoms with Crippen molar-refractivity contribution in [3.8, 4) is 11.8 Å². The Balaban J connectivity index is 1.90. The molecule has 1 heteroatoms. The van der Waals surface area contributed by atoms with Crippen LogP contribution >= 0.6 is 0 Å². The average Bonchev–Trinajstić information content (AvgIpc) is 2.60. The van der Waals surface area contributed by atoms with Gasteiger partial charge in [-0.2, -0.15) is 0 Å². The molecule has 1 saturated carbocycles. The monoisotopic (exact) mass is 149 g/mol. The van der Waals surface area contributed by atoms with Gasteiger partial charge in [0.25, 0.3) is 0 Å². The molecule has 1 aliphatic heterocycles. The standard InChI is InChI=1S/C10H15N/c1-2-3-6-11-8-9-4-5-10(11)7-9/h9-10H,4-8H2,1H3/t9?,10-/m1/s1. The molecule has 2 atom stereocenters. The lowest BCUT2D eigenvalue weighted by Gasteiger charge is -2.24. The van der Waals surface area contributed by atoms with Crippen LogP contribution < -0.4 is 0 Å². The van der Waals surface area contributed by atoms with Crippen molar-refractivity contribution in [1.29, 1.82) is 0 Å². The van der Waals surface area contributed by atoms with Crippen molar-refractivity contribution in [3.63, 3.8) is 0 Å². The molecule has 2 rings (SSSR count). The maximum atomic E-state index is 3.15. The first-order chi connectivity index (χ1) is 5.40. The Hall–Kier alpha value is -0.480. The van der Waals surface area contributed by atoms with Gasteiger partial charge in [0.15, 0.2) is 0 Å². The molecule has 1 heterocycles. The Kier molecular flexibility index (Phi) is 1.87. The number of hydrogen-bond acceptors (Lipinski definition) is 1. The highest BCUT2D eigenvalue weighted by Crippen LogP contribution is 2.36. The Morgan fingerprint density at radius 3 is 2.91 bits per heavy atom. The topological polar surface area (TPSA) is 3.24 Å². The van der Waals surface area contributed by atoms with E-state index in [4.69, 9.17) is 0 Å². The van der Waals surface area contributed by atoms with Crippen molar-refractivity contribution in [2.75, 3.05) is 13.1 Å². The molecule has 0 N–H and O–H groups in total. The Morgan fingerprint density at radius 2 is 2.36 bits per heavy atom. The van der Waals surface area contributed by atoms with E-state index in [1.54, 1.807) is 0 Å². The predicted molar refractivity (Wildman–Crippen MR) is 46.2 cm³/mol. The second kappa shape index (κ2) is 2.87. The number of rotatable bonds is 1. The number of piperidine rings is 1.